The van der Waals surface area contributed by atoms with Crippen molar-refractivity contribution in [3.8, 4) is 0 Å². The number of nitrogens with one attached hydrogen (secondary N) is 1. The van der Waals surface area contributed by atoms with Gasteiger partial charge in [0.15, 0.2) is 0 Å². The van der Waals surface area contributed by atoms with Gasteiger partial charge in [-0.15, -0.1) is 0 Å². The molecule has 0 atom stereocenters. The predicted molar refractivity (Wildman–Crippen MR) is 41.8 cm³/mol. The topological polar surface area (TPSA) is 23.9 Å². The SMILES string of the molecule is N=C1C(F)(F)C(C(F)(F)F)(C(F)(F)F)C1(C(F)(F)F)C(F)(F)F. The minimum Gasteiger partial charge on any atom is -0.302 e. The molecule has 15 heteroatoms. The molecule has 0 aromatic rings. The van der Waals surface area contributed by atoms with Crippen LogP contribution in [0.25, 0.3) is 0 Å². The lowest BCUT2D eigenvalue weighted by Crippen LogP contribution is -2.90. The highest BCUT2D eigenvalue weighted by Gasteiger charge is 3.09. The summed E-state index contributed by atoms with van der Waals surface area (Å²) in [5, 5.41) is 6.07. The standard InChI is InChI=1S/C8HF14N/c9-3(10)1(23)2(5(11,12)13,6(14,15)16)4(3,7(17,18)19)8(20,21)22/h23H. The predicted octanol–water partition coefficient (Wildman–Crippen LogP) is 4.88. The van der Waals surface area contributed by atoms with Crippen molar-refractivity contribution in [2.45, 2.75) is 30.6 Å². The van der Waals surface area contributed by atoms with E-state index in [1.54, 1.807) is 0 Å². The minimum absolute atomic E-state index is 4.07. The Kier molecular flexibility index (Phi) is 3.61. The first-order valence-electron chi connectivity index (χ1n) is 4.90. The van der Waals surface area contributed by atoms with Gasteiger partial charge in [0, 0.05) is 0 Å². The summed E-state index contributed by atoms with van der Waals surface area (Å²) in [5.74, 6) is -6.80. The molecular weight excluding hydrogens is 376 g/mol. The number of rotatable bonds is 0. The van der Waals surface area contributed by atoms with E-state index < -0.39 is 47.2 Å². The maximum Gasteiger partial charge on any atom is 0.411 e. The zero-order valence-corrected chi connectivity index (χ0v) is 9.79. The molecule has 1 fully saturated rings. The van der Waals surface area contributed by atoms with Gasteiger partial charge in [-0.1, -0.05) is 0 Å². The highest BCUT2D eigenvalue weighted by molar-refractivity contribution is 6.04. The Balaban J connectivity index is 4.15. The van der Waals surface area contributed by atoms with Crippen LogP contribution in [0.4, 0.5) is 61.5 Å². The van der Waals surface area contributed by atoms with Gasteiger partial charge in [0.05, 0.1) is 0 Å². The van der Waals surface area contributed by atoms with Crippen molar-refractivity contribution in [1.29, 1.82) is 5.41 Å². The first-order chi connectivity index (χ1) is 9.65. The normalized spacial score (nSPS) is 24.3. The fraction of sp³-hybridized carbons (Fsp3) is 0.875. The Morgan fingerprint density at radius 3 is 0.957 bits per heavy atom. The van der Waals surface area contributed by atoms with E-state index in [0.717, 1.165) is 0 Å². The molecule has 0 heterocycles. The summed E-state index contributed by atoms with van der Waals surface area (Å²) in [6.07, 6.45) is -30.5. The molecule has 0 spiro atoms. The number of hydrogen-bond donors (Lipinski definition) is 1. The second kappa shape index (κ2) is 4.20. The summed E-state index contributed by atoms with van der Waals surface area (Å²) in [6, 6.07) is 0. The van der Waals surface area contributed by atoms with Crippen molar-refractivity contribution in [2.24, 2.45) is 10.8 Å². The van der Waals surface area contributed by atoms with Crippen LogP contribution in [0.1, 0.15) is 0 Å². The molecule has 0 amide bonds. The van der Waals surface area contributed by atoms with Gasteiger partial charge in [-0.25, -0.2) is 0 Å². The van der Waals surface area contributed by atoms with Crippen molar-refractivity contribution in [3.05, 3.63) is 0 Å². The Morgan fingerprint density at radius 2 is 0.826 bits per heavy atom. The van der Waals surface area contributed by atoms with E-state index in [1.165, 1.54) is 0 Å². The van der Waals surface area contributed by atoms with Gasteiger partial charge in [-0.05, 0) is 0 Å². The van der Waals surface area contributed by atoms with Gasteiger partial charge in [0.2, 0.25) is 5.41 Å². The molecule has 1 aliphatic rings. The molecule has 0 bridgehead atoms. The second-order valence-electron chi connectivity index (χ2n) is 4.44. The van der Waals surface area contributed by atoms with Crippen molar-refractivity contribution in [3.63, 3.8) is 0 Å². The third-order valence-electron chi connectivity index (χ3n) is 3.42. The lowest BCUT2D eigenvalue weighted by molar-refractivity contribution is -0.507. The van der Waals surface area contributed by atoms with Crippen LogP contribution in [-0.4, -0.2) is 36.3 Å². The summed E-state index contributed by atoms with van der Waals surface area (Å²) in [5.41, 5.74) is -18.8. The maximum atomic E-state index is 13.1. The van der Waals surface area contributed by atoms with Crippen molar-refractivity contribution >= 4 is 5.71 Å². The van der Waals surface area contributed by atoms with Gasteiger partial charge in [-0.3, -0.25) is 0 Å². The summed E-state index contributed by atoms with van der Waals surface area (Å²) < 4.78 is 177. The zero-order valence-electron chi connectivity index (χ0n) is 9.79. The Morgan fingerprint density at radius 1 is 0.565 bits per heavy atom. The third-order valence-corrected chi connectivity index (χ3v) is 3.42. The molecule has 1 rings (SSSR count). The number of hydrogen-bond acceptors (Lipinski definition) is 1. The lowest BCUT2D eigenvalue weighted by atomic mass is 9.43. The molecule has 0 aliphatic heterocycles. The Hall–Kier alpha value is -1.31. The van der Waals surface area contributed by atoms with Crippen LogP contribution in [0.5, 0.6) is 0 Å². The molecule has 0 aromatic heterocycles. The molecule has 1 aliphatic carbocycles. The zero-order chi connectivity index (χ0) is 19.1. The smallest absolute Gasteiger partial charge is 0.302 e. The summed E-state index contributed by atoms with van der Waals surface area (Å²) in [7, 11) is 0. The molecular formula is C8HF14N. The largest absolute Gasteiger partial charge is 0.411 e. The van der Waals surface area contributed by atoms with Crippen LogP contribution in [0.3, 0.4) is 0 Å². The van der Waals surface area contributed by atoms with Crippen LogP contribution < -0.4 is 0 Å². The molecule has 1 nitrogen and oxygen atoms in total. The van der Waals surface area contributed by atoms with E-state index in [4.69, 9.17) is 5.41 Å². The van der Waals surface area contributed by atoms with E-state index in [0.29, 0.717) is 0 Å². The number of alkyl halides is 14. The fourth-order valence-electron chi connectivity index (χ4n) is 2.59. The molecule has 0 aromatic carbocycles. The van der Waals surface area contributed by atoms with Gasteiger partial charge in [-0.2, -0.15) is 61.5 Å². The summed E-state index contributed by atoms with van der Waals surface area (Å²) in [4.78, 5) is 0. The minimum atomic E-state index is -7.72. The Bertz CT molecular complexity index is 485. The van der Waals surface area contributed by atoms with Gasteiger partial charge in [0.1, 0.15) is 5.71 Å². The van der Waals surface area contributed by atoms with Crippen LogP contribution >= 0.6 is 0 Å². The second-order valence-corrected chi connectivity index (χ2v) is 4.44. The van der Waals surface area contributed by atoms with E-state index >= 15 is 0 Å². The van der Waals surface area contributed by atoms with E-state index in [9.17, 15) is 61.5 Å². The number of halogens is 14. The average Bonchev–Trinajstić information content (AvgIpc) is 2.15. The quantitative estimate of drug-likeness (QED) is 0.583. The van der Waals surface area contributed by atoms with Crippen molar-refractivity contribution < 1.29 is 61.5 Å². The monoisotopic (exact) mass is 377 g/mol. The molecule has 1 N–H and O–H groups in total. The van der Waals surface area contributed by atoms with Crippen molar-refractivity contribution in [2.75, 3.05) is 0 Å². The molecule has 0 radical (unpaired) electrons. The van der Waals surface area contributed by atoms with E-state index in [-0.39, 0.29) is 0 Å². The molecule has 0 saturated heterocycles. The van der Waals surface area contributed by atoms with Gasteiger partial charge < -0.3 is 5.41 Å². The molecule has 1 saturated carbocycles. The summed E-state index contributed by atoms with van der Waals surface area (Å²) in [6.45, 7) is 0. The third kappa shape index (κ3) is 1.73. The van der Waals surface area contributed by atoms with Crippen molar-refractivity contribution in [1.82, 2.24) is 0 Å². The van der Waals surface area contributed by atoms with Crippen LogP contribution in [-0.2, 0) is 0 Å². The van der Waals surface area contributed by atoms with Crippen LogP contribution in [0.2, 0.25) is 0 Å². The highest BCUT2D eigenvalue weighted by Crippen LogP contribution is 2.82. The molecule has 23 heavy (non-hydrogen) atoms. The van der Waals surface area contributed by atoms with Gasteiger partial charge >= 0.3 is 30.6 Å². The average molecular weight is 377 g/mol. The van der Waals surface area contributed by atoms with E-state index in [2.05, 4.69) is 0 Å². The molecule has 136 valence electrons. The maximum absolute atomic E-state index is 13.1. The lowest BCUT2D eigenvalue weighted by Gasteiger charge is -2.62. The highest BCUT2D eigenvalue weighted by atomic mass is 19.4. The first kappa shape index (κ1) is 19.7. The Labute approximate surface area is 115 Å². The van der Waals surface area contributed by atoms with E-state index in [1.807, 2.05) is 0 Å². The van der Waals surface area contributed by atoms with Gasteiger partial charge in [0.25, 0.3) is 5.41 Å². The van der Waals surface area contributed by atoms with Crippen LogP contribution in [0, 0.1) is 16.2 Å². The van der Waals surface area contributed by atoms with Crippen LogP contribution in [0.15, 0.2) is 0 Å². The summed E-state index contributed by atoms with van der Waals surface area (Å²) >= 11 is 0. The first-order valence-corrected chi connectivity index (χ1v) is 4.90. The molecule has 0 unspecified atom stereocenters. The fourth-order valence-corrected chi connectivity index (χ4v) is 2.59.